The van der Waals surface area contributed by atoms with Crippen molar-refractivity contribution in [2.75, 3.05) is 18.6 Å². The number of fused-ring (bicyclic) bond motifs is 3. The molecule has 3 aromatic rings. The van der Waals surface area contributed by atoms with Gasteiger partial charge in [0.05, 0.1) is 17.7 Å². The van der Waals surface area contributed by atoms with Crippen molar-refractivity contribution >= 4 is 33.5 Å². The van der Waals surface area contributed by atoms with Crippen LogP contribution in [0.3, 0.4) is 0 Å². The topological polar surface area (TPSA) is 71.9 Å². The van der Waals surface area contributed by atoms with Gasteiger partial charge in [0, 0.05) is 24.2 Å². The van der Waals surface area contributed by atoms with Crippen LogP contribution in [0.5, 0.6) is 11.5 Å². The molecule has 0 unspecified atom stereocenters. The van der Waals surface area contributed by atoms with Crippen LogP contribution in [0.4, 0.5) is 10.5 Å². The third kappa shape index (κ3) is 5.54. The van der Waals surface area contributed by atoms with E-state index < -0.39 is 11.7 Å². The predicted molar refractivity (Wildman–Crippen MR) is 139 cm³/mol. The second-order valence-corrected chi connectivity index (χ2v) is 11.1. The van der Waals surface area contributed by atoms with Crippen molar-refractivity contribution in [3.05, 3.63) is 36.0 Å². The first-order chi connectivity index (χ1) is 15.8. The van der Waals surface area contributed by atoms with Crippen LogP contribution < -0.4 is 9.64 Å². The Kier molecular flexibility index (Phi) is 7.29. The first-order valence-corrected chi connectivity index (χ1v) is 12.0. The molecule has 2 aromatic carbocycles. The molecule has 6 heteroatoms. The molecule has 34 heavy (non-hydrogen) atoms. The van der Waals surface area contributed by atoms with Crippen LogP contribution in [0.1, 0.15) is 66.9 Å². The maximum atomic E-state index is 13.2. The minimum atomic E-state index is -0.661. The average molecular weight is 467 g/mol. The summed E-state index contributed by atoms with van der Waals surface area (Å²) in [5.74, 6) is 0.627. The number of benzene rings is 2. The number of aromatic nitrogens is 1. The molecule has 0 aliphatic heterocycles. The van der Waals surface area contributed by atoms with E-state index in [-0.39, 0.29) is 11.2 Å². The Balaban J connectivity index is 2.39. The number of nitrogens with zero attached hydrogens (tertiary/aromatic N) is 2. The van der Waals surface area contributed by atoms with Crippen molar-refractivity contribution in [1.29, 1.82) is 0 Å². The van der Waals surface area contributed by atoms with Gasteiger partial charge in [-0.05, 0) is 44.4 Å². The van der Waals surface area contributed by atoms with E-state index in [9.17, 15) is 9.90 Å². The number of aromatic hydroxyl groups is 1. The zero-order valence-corrected chi connectivity index (χ0v) is 21.8. The van der Waals surface area contributed by atoms with Gasteiger partial charge in [-0.15, -0.1) is 0 Å². The van der Waals surface area contributed by atoms with Crippen LogP contribution in [-0.2, 0) is 11.2 Å². The fourth-order valence-corrected chi connectivity index (χ4v) is 4.02. The van der Waals surface area contributed by atoms with E-state index in [4.69, 9.17) is 14.5 Å². The number of unbranched alkanes of at least 4 members (excludes halogenated alkanes) is 1. The van der Waals surface area contributed by atoms with Crippen LogP contribution >= 0.6 is 0 Å². The van der Waals surface area contributed by atoms with E-state index in [1.807, 2.05) is 45.0 Å². The second kappa shape index (κ2) is 9.69. The fraction of sp³-hybridized carbons (Fsp3) is 0.500. The van der Waals surface area contributed by atoms with Gasteiger partial charge in [0.25, 0.3) is 0 Å². The van der Waals surface area contributed by atoms with Gasteiger partial charge in [-0.3, -0.25) is 9.88 Å². The van der Waals surface area contributed by atoms with E-state index in [0.717, 1.165) is 23.6 Å². The third-order valence-corrected chi connectivity index (χ3v) is 5.49. The van der Waals surface area contributed by atoms with Crippen LogP contribution in [0.15, 0.2) is 30.5 Å². The lowest BCUT2D eigenvalue weighted by Crippen LogP contribution is -2.35. The van der Waals surface area contributed by atoms with Gasteiger partial charge in [-0.25, -0.2) is 4.79 Å². The molecule has 184 valence electrons. The van der Waals surface area contributed by atoms with Crippen molar-refractivity contribution < 1.29 is 19.4 Å². The van der Waals surface area contributed by atoms with Gasteiger partial charge < -0.3 is 14.6 Å². The number of hydrogen-bond acceptors (Lipinski definition) is 5. The number of pyridine rings is 1. The minimum Gasteiger partial charge on any atom is -0.507 e. The molecule has 1 heterocycles. The van der Waals surface area contributed by atoms with Crippen molar-refractivity contribution in [3.8, 4) is 11.5 Å². The highest BCUT2D eigenvalue weighted by Crippen LogP contribution is 2.49. The van der Waals surface area contributed by atoms with Gasteiger partial charge in [0.15, 0.2) is 5.75 Å². The first kappa shape index (κ1) is 25.6. The SMILES string of the molecule is CCCCOc1c(N(C)C(=O)OC(C)(C)C)c(CC(C)(C)C)c(O)c2c1ncc1ccccc12. The van der Waals surface area contributed by atoms with Crippen molar-refractivity contribution in [2.24, 2.45) is 5.41 Å². The van der Waals surface area contributed by atoms with Crippen LogP contribution in [0.2, 0.25) is 0 Å². The van der Waals surface area contributed by atoms with Crippen molar-refractivity contribution in [1.82, 2.24) is 4.98 Å². The van der Waals surface area contributed by atoms with E-state index in [2.05, 4.69) is 27.7 Å². The number of phenols is 1. The monoisotopic (exact) mass is 466 g/mol. The van der Waals surface area contributed by atoms with E-state index >= 15 is 0 Å². The Hall–Kier alpha value is -3.02. The molecule has 0 saturated carbocycles. The van der Waals surface area contributed by atoms with Gasteiger partial charge >= 0.3 is 6.09 Å². The smallest absolute Gasteiger partial charge is 0.414 e. The van der Waals surface area contributed by atoms with Crippen LogP contribution in [-0.4, -0.2) is 35.4 Å². The summed E-state index contributed by atoms with van der Waals surface area (Å²) < 4.78 is 12.0. The standard InChI is InChI=1S/C28H38N2O4/c1-9-10-15-33-25-22-21(19-14-12-11-13-18(19)17-29-22)24(31)20(16-27(2,3)4)23(25)30(8)26(32)34-28(5,6)7/h11-14,17,31H,9-10,15-16H2,1-8H3. The van der Waals surface area contributed by atoms with Gasteiger partial charge in [-0.2, -0.15) is 0 Å². The first-order valence-electron chi connectivity index (χ1n) is 12.0. The summed E-state index contributed by atoms with van der Waals surface area (Å²) in [6, 6.07) is 7.85. The van der Waals surface area contributed by atoms with E-state index in [0.29, 0.717) is 40.9 Å². The molecule has 1 N–H and O–H groups in total. The second-order valence-electron chi connectivity index (χ2n) is 11.1. The van der Waals surface area contributed by atoms with Crippen molar-refractivity contribution in [3.63, 3.8) is 0 Å². The number of ether oxygens (including phenoxy) is 2. The summed E-state index contributed by atoms with van der Waals surface area (Å²) in [6.45, 7) is 14.4. The number of anilines is 1. The maximum Gasteiger partial charge on any atom is 0.414 e. The van der Waals surface area contributed by atoms with Gasteiger partial charge in [0.2, 0.25) is 0 Å². The Labute approximate surface area is 202 Å². The lowest BCUT2D eigenvalue weighted by molar-refractivity contribution is 0.0588. The normalized spacial score (nSPS) is 12.2. The van der Waals surface area contributed by atoms with Gasteiger partial charge in [-0.1, -0.05) is 58.4 Å². The molecule has 6 nitrogen and oxygen atoms in total. The van der Waals surface area contributed by atoms with Gasteiger partial charge in [0.1, 0.15) is 16.9 Å². The predicted octanol–water partition coefficient (Wildman–Crippen LogP) is 7.23. The molecular weight excluding hydrogens is 428 g/mol. The zero-order valence-electron chi connectivity index (χ0n) is 21.8. The highest BCUT2D eigenvalue weighted by Gasteiger charge is 2.31. The number of carbonyl (C=O) groups is 1. The fourth-order valence-electron chi connectivity index (χ4n) is 4.02. The summed E-state index contributed by atoms with van der Waals surface area (Å²) in [6.07, 6.45) is 3.63. The molecule has 0 saturated heterocycles. The Morgan fingerprint density at radius 2 is 1.79 bits per heavy atom. The quantitative estimate of drug-likeness (QED) is 0.306. The zero-order chi connectivity index (χ0) is 25.3. The summed E-state index contributed by atoms with van der Waals surface area (Å²) in [5, 5.41) is 14.1. The van der Waals surface area contributed by atoms with Crippen LogP contribution in [0.25, 0.3) is 21.7 Å². The van der Waals surface area contributed by atoms with E-state index in [1.54, 1.807) is 13.2 Å². The summed E-state index contributed by atoms with van der Waals surface area (Å²) in [7, 11) is 1.66. The van der Waals surface area contributed by atoms with Crippen molar-refractivity contribution in [2.45, 2.75) is 73.3 Å². The lowest BCUT2D eigenvalue weighted by Gasteiger charge is -2.30. The van der Waals surface area contributed by atoms with Crippen LogP contribution in [0, 0.1) is 5.41 Å². The molecule has 1 amide bonds. The third-order valence-electron chi connectivity index (χ3n) is 5.49. The Morgan fingerprint density at radius 3 is 2.41 bits per heavy atom. The number of rotatable bonds is 6. The highest BCUT2D eigenvalue weighted by molar-refractivity contribution is 6.14. The molecule has 0 aliphatic carbocycles. The molecule has 1 aromatic heterocycles. The maximum absolute atomic E-state index is 13.2. The number of hydrogen-bond donors (Lipinski definition) is 1. The minimum absolute atomic E-state index is 0.127. The molecule has 0 bridgehead atoms. The molecule has 0 spiro atoms. The van der Waals surface area contributed by atoms with E-state index in [1.165, 1.54) is 4.90 Å². The number of amides is 1. The molecule has 0 radical (unpaired) electrons. The molecule has 0 aliphatic rings. The highest BCUT2D eigenvalue weighted by atomic mass is 16.6. The summed E-state index contributed by atoms with van der Waals surface area (Å²) >= 11 is 0. The number of carbonyl (C=O) groups excluding carboxylic acids is 1. The Morgan fingerprint density at radius 1 is 1.12 bits per heavy atom. The summed E-state index contributed by atoms with van der Waals surface area (Å²) in [5.41, 5.74) is 0.876. The Bertz CT molecular complexity index is 1190. The molecule has 0 fully saturated rings. The average Bonchev–Trinajstić information content (AvgIpc) is 2.73. The lowest BCUT2D eigenvalue weighted by atomic mass is 9.85. The number of phenolic OH excluding ortho intramolecular Hbond substituents is 1. The largest absolute Gasteiger partial charge is 0.507 e. The molecule has 0 atom stereocenters. The molecule has 3 rings (SSSR count). The molecular formula is C28H38N2O4. The summed E-state index contributed by atoms with van der Waals surface area (Å²) in [4.78, 5) is 19.3.